The minimum atomic E-state index is -0.0655. The van der Waals surface area contributed by atoms with E-state index >= 15 is 0 Å². The summed E-state index contributed by atoms with van der Waals surface area (Å²) in [4.78, 5) is 18.2. The highest BCUT2D eigenvalue weighted by molar-refractivity contribution is 5.94. The molecule has 3 N–H and O–H groups in total. The maximum atomic E-state index is 12.0. The molecule has 1 saturated heterocycles. The second-order valence-corrected chi connectivity index (χ2v) is 5.00. The molecule has 5 nitrogen and oxygen atoms in total. The topological polar surface area (TPSA) is 71.2 Å². The number of carbonyl (C=O) groups excluding carboxylic acids is 1. The van der Waals surface area contributed by atoms with Gasteiger partial charge in [0.15, 0.2) is 0 Å². The molecule has 0 saturated carbocycles. The summed E-state index contributed by atoms with van der Waals surface area (Å²) in [6, 6.07) is 4.11. The average molecular weight is 248 g/mol. The number of nitrogens with one attached hydrogen (secondary N) is 1. The fraction of sp³-hybridized carbons (Fsp3) is 0.538. The number of amides is 1. The number of nitrogen functional groups attached to an aromatic ring is 1. The van der Waals surface area contributed by atoms with Crippen molar-refractivity contribution in [2.24, 2.45) is 0 Å². The Hall–Kier alpha value is -1.62. The van der Waals surface area contributed by atoms with Crippen LogP contribution < -0.4 is 11.1 Å². The molecule has 1 aromatic rings. The molecular weight excluding hydrogens is 228 g/mol. The molecule has 2 unspecified atom stereocenters. The van der Waals surface area contributed by atoms with Gasteiger partial charge in [0.05, 0.1) is 5.56 Å². The highest BCUT2D eigenvalue weighted by Gasteiger charge is 2.24. The van der Waals surface area contributed by atoms with Crippen LogP contribution in [0.1, 0.15) is 30.1 Å². The minimum Gasteiger partial charge on any atom is -0.384 e. The van der Waals surface area contributed by atoms with E-state index in [1.54, 1.807) is 12.1 Å². The molecule has 0 radical (unpaired) electrons. The molecule has 1 fully saturated rings. The van der Waals surface area contributed by atoms with Crippen LogP contribution in [0.2, 0.25) is 0 Å². The van der Waals surface area contributed by atoms with Gasteiger partial charge in [0.1, 0.15) is 5.82 Å². The predicted molar refractivity (Wildman–Crippen MR) is 71.2 cm³/mol. The molecule has 1 amide bonds. The van der Waals surface area contributed by atoms with Gasteiger partial charge >= 0.3 is 0 Å². The summed E-state index contributed by atoms with van der Waals surface area (Å²) in [6.07, 6.45) is 3.50. The zero-order valence-electron chi connectivity index (χ0n) is 10.9. The van der Waals surface area contributed by atoms with Gasteiger partial charge in [-0.1, -0.05) is 0 Å². The average Bonchev–Trinajstić information content (AvgIpc) is 2.34. The van der Waals surface area contributed by atoms with Crippen molar-refractivity contribution >= 4 is 11.7 Å². The number of piperidine rings is 1. The highest BCUT2D eigenvalue weighted by atomic mass is 16.1. The molecule has 0 aromatic carbocycles. The lowest BCUT2D eigenvalue weighted by Crippen LogP contribution is -2.47. The van der Waals surface area contributed by atoms with Gasteiger partial charge in [-0.25, -0.2) is 4.98 Å². The Morgan fingerprint density at radius 2 is 2.33 bits per heavy atom. The molecule has 18 heavy (non-hydrogen) atoms. The van der Waals surface area contributed by atoms with Gasteiger partial charge in [-0.15, -0.1) is 0 Å². The van der Waals surface area contributed by atoms with Gasteiger partial charge in [-0.2, -0.15) is 0 Å². The van der Waals surface area contributed by atoms with Crippen molar-refractivity contribution in [3.63, 3.8) is 0 Å². The first-order valence-corrected chi connectivity index (χ1v) is 6.29. The molecule has 2 heterocycles. The van der Waals surface area contributed by atoms with Crippen LogP contribution in [0.15, 0.2) is 18.3 Å². The summed E-state index contributed by atoms with van der Waals surface area (Å²) in [7, 11) is 2.12. The molecule has 2 rings (SSSR count). The lowest BCUT2D eigenvalue weighted by Gasteiger charge is -2.35. The highest BCUT2D eigenvalue weighted by Crippen LogP contribution is 2.15. The summed E-state index contributed by atoms with van der Waals surface area (Å²) in [6.45, 7) is 3.20. The van der Waals surface area contributed by atoms with Crippen LogP contribution in [0.4, 0.5) is 5.82 Å². The maximum absolute atomic E-state index is 12.0. The second kappa shape index (κ2) is 5.35. The number of anilines is 1. The van der Waals surface area contributed by atoms with Crippen molar-refractivity contribution in [1.29, 1.82) is 0 Å². The molecule has 98 valence electrons. The van der Waals surface area contributed by atoms with E-state index in [0.717, 1.165) is 19.4 Å². The Morgan fingerprint density at radius 1 is 1.56 bits per heavy atom. The van der Waals surface area contributed by atoms with Crippen LogP contribution in [0, 0.1) is 0 Å². The Balaban J connectivity index is 1.93. The number of pyridine rings is 1. The van der Waals surface area contributed by atoms with Gasteiger partial charge in [-0.3, -0.25) is 4.79 Å². The van der Waals surface area contributed by atoms with E-state index in [-0.39, 0.29) is 11.9 Å². The fourth-order valence-electron chi connectivity index (χ4n) is 2.23. The number of hydrogen-bond acceptors (Lipinski definition) is 4. The third kappa shape index (κ3) is 2.98. The van der Waals surface area contributed by atoms with Crippen LogP contribution in [0.3, 0.4) is 0 Å². The smallest absolute Gasteiger partial charge is 0.253 e. The monoisotopic (exact) mass is 248 g/mol. The molecule has 0 spiro atoms. The summed E-state index contributed by atoms with van der Waals surface area (Å²) in [5.41, 5.74) is 6.06. The number of hydrogen-bond donors (Lipinski definition) is 2. The zero-order chi connectivity index (χ0) is 13.1. The van der Waals surface area contributed by atoms with Gasteiger partial charge in [0, 0.05) is 24.8 Å². The molecular formula is C13H20N4O. The minimum absolute atomic E-state index is 0.0655. The number of nitrogens with zero attached hydrogens (tertiary/aromatic N) is 2. The first-order valence-electron chi connectivity index (χ1n) is 6.29. The number of rotatable bonds is 2. The number of likely N-dealkylation sites (tertiary alicyclic amines) is 1. The predicted octanol–water partition coefficient (Wildman–Crippen LogP) is 0.876. The Kier molecular flexibility index (Phi) is 3.81. The van der Waals surface area contributed by atoms with E-state index in [0.29, 0.717) is 17.4 Å². The Bertz CT molecular complexity index is 418. The fourth-order valence-corrected chi connectivity index (χ4v) is 2.23. The van der Waals surface area contributed by atoms with Gasteiger partial charge in [0.2, 0.25) is 0 Å². The van der Waals surface area contributed by atoms with Gasteiger partial charge in [0.25, 0.3) is 5.91 Å². The van der Waals surface area contributed by atoms with Crippen LogP contribution in [-0.4, -0.2) is 41.5 Å². The number of aromatic nitrogens is 1. The molecule has 2 atom stereocenters. The number of carbonyl (C=O) groups is 1. The number of nitrogens with two attached hydrogens (primary N) is 1. The largest absolute Gasteiger partial charge is 0.384 e. The van der Waals surface area contributed by atoms with Crippen molar-refractivity contribution in [1.82, 2.24) is 15.2 Å². The molecule has 0 bridgehead atoms. The third-order valence-electron chi connectivity index (χ3n) is 3.59. The van der Waals surface area contributed by atoms with Crippen molar-refractivity contribution < 1.29 is 4.79 Å². The lowest BCUT2D eigenvalue weighted by atomic mass is 9.98. The van der Waals surface area contributed by atoms with E-state index in [1.165, 1.54) is 6.20 Å². The van der Waals surface area contributed by atoms with E-state index < -0.39 is 0 Å². The van der Waals surface area contributed by atoms with Gasteiger partial charge in [-0.05, 0) is 38.9 Å². The molecule has 0 aliphatic carbocycles. The van der Waals surface area contributed by atoms with E-state index in [1.807, 2.05) is 0 Å². The normalized spacial score (nSPS) is 24.8. The van der Waals surface area contributed by atoms with Gasteiger partial charge < -0.3 is 16.0 Å². The Morgan fingerprint density at radius 3 is 2.94 bits per heavy atom. The van der Waals surface area contributed by atoms with Crippen molar-refractivity contribution in [2.75, 3.05) is 19.3 Å². The molecule has 5 heteroatoms. The molecule has 1 aromatic heterocycles. The van der Waals surface area contributed by atoms with Crippen molar-refractivity contribution in [2.45, 2.75) is 31.8 Å². The summed E-state index contributed by atoms with van der Waals surface area (Å²) in [5.74, 6) is 0.365. The van der Waals surface area contributed by atoms with E-state index in [4.69, 9.17) is 5.73 Å². The van der Waals surface area contributed by atoms with Crippen LogP contribution in [0.25, 0.3) is 0 Å². The van der Waals surface area contributed by atoms with Crippen molar-refractivity contribution in [3.05, 3.63) is 23.9 Å². The first-order chi connectivity index (χ1) is 8.56. The van der Waals surface area contributed by atoms with Crippen molar-refractivity contribution in [3.8, 4) is 0 Å². The first kappa shape index (κ1) is 12.8. The maximum Gasteiger partial charge on any atom is 0.253 e. The third-order valence-corrected chi connectivity index (χ3v) is 3.59. The molecule has 1 aliphatic heterocycles. The summed E-state index contributed by atoms with van der Waals surface area (Å²) >= 11 is 0. The van der Waals surface area contributed by atoms with Crippen LogP contribution in [-0.2, 0) is 0 Å². The summed E-state index contributed by atoms with van der Waals surface area (Å²) < 4.78 is 0. The Labute approximate surface area is 107 Å². The lowest BCUT2D eigenvalue weighted by molar-refractivity contribution is 0.0896. The quantitative estimate of drug-likeness (QED) is 0.815. The second-order valence-electron chi connectivity index (χ2n) is 5.00. The van der Waals surface area contributed by atoms with Crippen LogP contribution >= 0.6 is 0 Å². The van der Waals surface area contributed by atoms with E-state index in [2.05, 4.69) is 29.2 Å². The molecule has 1 aliphatic rings. The van der Waals surface area contributed by atoms with Crippen LogP contribution in [0.5, 0.6) is 0 Å². The standard InChI is InChI=1S/C13H20N4O/c1-9-7-11(5-6-17(9)2)16-13(18)10-3-4-12(14)15-8-10/h3-4,8-9,11H,5-7H2,1-2H3,(H2,14,15)(H,16,18). The summed E-state index contributed by atoms with van der Waals surface area (Å²) in [5, 5.41) is 3.06. The SMILES string of the molecule is CC1CC(NC(=O)c2ccc(N)nc2)CCN1C. The van der Waals surface area contributed by atoms with E-state index in [9.17, 15) is 4.79 Å². The zero-order valence-corrected chi connectivity index (χ0v) is 10.9.